The molecule has 0 aliphatic carbocycles. The molecule has 7 heteroatoms. The summed E-state index contributed by atoms with van der Waals surface area (Å²) in [5.41, 5.74) is 4.68. The maximum atomic E-state index is 13.5. The van der Waals surface area contributed by atoms with Crippen molar-refractivity contribution in [3.05, 3.63) is 102 Å². The van der Waals surface area contributed by atoms with Gasteiger partial charge in [-0.1, -0.05) is 48.0 Å². The Morgan fingerprint density at radius 1 is 0.857 bits per heavy atom. The maximum Gasteiger partial charge on any atom is 0.332 e. The van der Waals surface area contributed by atoms with Gasteiger partial charge in [0.05, 0.1) is 11.7 Å². The van der Waals surface area contributed by atoms with Crippen molar-refractivity contribution in [2.24, 2.45) is 0 Å². The zero-order valence-electron chi connectivity index (χ0n) is 20.4. The van der Waals surface area contributed by atoms with E-state index in [4.69, 9.17) is 0 Å². The number of nitrogens with zero attached hydrogens (tertiary/aromatic N) is 4. The number of anilines is 5. The molecular formula is C28H30N6O. The third-order valence-electron chi connectivity index (χ3n) is 5.65. The first kappa shape index (κ1) is 23.8. The van der Waals surface area contributed by atoms with Crippen molar-refractivity contribution in [2.75, 3.05) is 34.5 Å². The molecular weight excluding hydrogens is 436 g/mol. The maximum absolute atomic E-state index is 13.5. The SMILES string of the molecule is Cc1ccc(NC(=O)N(c2ccc(N(C)C)cc2)c2ccnc(N[C@@H](C)c3ccccc3)n2)cc1. The van der Waals surface area contributed by atoms with Crippen LogP contribution in [0.2, 0.25) is 0 Å². The van der Waals surface area contributed by atoms with Gasteiger partial charge in [-0.05, 0) is 55.8 Å². The third-order valence-corrected chi connectivity index (χ3v) is 5.65. The topological polar surface area (TPSA) is 73.4 Å². The summed E-state index contributed by atoms with van der Waals surface area (Å²) in [6, 6.07) is 27.0. The number of hydrogen-bond acceptors (Lipinski definition) is 5. The fourth-order valence-corrected chi connectivity index (χ4v) is 3.63. The average molecular weight is 467 g/mol. The molecule has 1 heterocycles. The van der Waals surface area contributed by atoms with Crippen LogP contribution in [0.5, 0.6) is 0 Å². The van der Waals surface area contributed by atoms with E-state index < -0.39 is 0 Å². The van der Waals surface area contributed by atoms with Crippen LogP contribution in [0.25, 0.3) is 0 Å². The van der Waals surface area contributed by atoms with Crippen LogP contribution in [-0.2, 0) is 0 Å². The van der Waals surface area contributed by atoms with E-state index in [1.165, 1.54) is 0 Å². The van der Waals surface area contributed by atoms with Gasteiger partial charge in [-0.25, -0.2) is 14.7 Å². The Bertz CT molecular complexity index is 1260. The molecule has 0 bridgehead atoms. The highest BCUT2D eigenvalue weighted by molar-refractivity contribution is 6.06. The second-order valence-electron chi connectivity index (χ2n) is 8.56. The average Bonchev–Trinajstić information content (AvgIpc) is 2.87. The minimum absolute atomic E-state index is 0.000611. The van der Waals surface area contributed by atoms with E-state index in [-0.39, 0.29) is 12.1 Å². The van der Waals surface area contributed by atoms with Crippen LogP contribution in [0.4, 0.5) is 33.6 Å². The quantitative estimate of drug-likeness (QED) is 0.330. The Morgan fingerprint density at radius 3 is 2.17 bits per heavy atom. The number of urea groups is 1. The first-order chi connectivity index (χ1) is 16.9. The molecule has 0 unspecified atom stereocenters. The van der Waals surface area contributed by atoms with Crippen molar-refractivity contribution < 1.29 is 4.79 Å². The van der Waals surface area contributed by atoms with Gasteiger partial charge in [-0.15, -0.1) is 0 Å². The van der Waals surface area contributed by atoms with Gasteiger partial charge >= 0.3 is 6.03 Å². The van der Waals surface area contributed by atoms with Crippen molar-refractivity contribution in [2.45, 2.75) is 19.9 Å². The van der Waals surface area contributed by atoms with Crippen LogP contribution in [-0.4, -0.2) is 30.1 Å². The van der Waals surface area contributed by atoms with Gasteiger partial charge in [-0.3, -0.25) is 0 Å². The molecule has 0 fully saturated rings. The lowest BCUT2D eigenvalue weighted by atomic mass is 10.1. The van der Waals surface area contributed by atoms with Crippen LogP contribution in [0.15, 0.2) is 91.1 Å². The van der Waals surface area contributed by atoms with Crippen LogP contribution in [0.3, 0.4) is 0 Å². The summed E-state index contributed by atoms with van der Waals surface area (Å²) < 4.78 is 0. The van der Waals surface area contributed by atoms with Crippen LogP contribution < -0.4 is 20.4 Å². The summed E-state index contributed by atoms with van der Waals surface area (Å²) in [5, 5.41) is 6.32. The summed E-state index contributed by atoms with van der Waals surface area (Å²) in [6.07, 6.45) is 1.66. The van der Waals surface area contributed by atoms with Gasteiger partial charge in [-0.2, -0.15) is 4.98 Å². The van der Waals surface area contributed by atoms with Gasteiger partial charge in [0.25, 0.3) is 0 Å². The molecule has 4 rings (SSSR count). The molecule has 0 radical (unpaired) electrons. The van der Waals surface area contributed by atoms with E-state index in [0.29, 0.717) is 23.1 Å². The van der Waals surface area contributed by atoms with Crippen molar-refractivity contribution in [3.8, 4) is 0 Å². The molecule has 2 amide bonds. The molecule has 0 saturated carbocycles. The zero-order chi connectivity index (χ0) is 24.8. The number of rotatable bonds is 7. The van der Waals surface area contributed by atoms with Gasteiger partial charge < -0.3 is 15.5 Å². The lowest BCUT2D eigenvalue weighted by molar-refractivity contribution is 0.259. The Kier molecular flexibility index (Phi) is 7.26. The fourth-order valence-electron chi connectivity index (χ4n) is 3.63. The summed E-state index contributed by atoms with van der Waals surface area (Å²) in [5.74, 6) is 0.905. The van der Waals surface area contributed by atoms with Crippen molar-refractivity contribution in [3.63, 3.8) is 0 Å². The molecule has 0 aliphatic heterocycles. The van der Waals surface area contributed by atoms with E-state index in [0.717, 1.165) is 16.8 Å². The van der Waals surface area contributed by atoms with E-state index in [1.54, 1.807) is 17.2 Å². The molecule has 3 aromatic carbocycles. The minimum atomic E-state index is -0.313. The zero-order valence-corrected chi connectivity index (χ0v) is 20.4. The second-order valence-corrected chi connectivity index (χ2v) is 8.56. The lowest BCUT2D eigenvalue weighted by Crippen LogP contribution is -2.31. The summed E-state index contributed by atoms with van der Waals surface area (Å²) >= 11 is 0. The highest BCUT2D eigenvalue weighted by Gasteiger charge is 2.21. The molecule has 0 saturated heterocycles. The van der Waals surface area contributed by atoms with E-state index in [1.807, 2.05) is 99.6 Å². The summed E-state index contributed by atoms with van der Waals surface area (Å²) in [4.78, 5) is 26.1. The van der Waals surface area contributed by atoms with Crippen molar-refractivity contribution in [1.82, 2.24) is 9.97 Å². The first-order valence-corrected chi connectivity index (χ1v) is 11.5. The number of aryl methyl sites for hydroxylation is 1. The Hall–Kier alpha value is -4.39. The standard InChI is InChI=1S/C28H30N6O/c1-20-10-12-23(13-11-20)31-28(35)34(25-16-14-24(15-17-25)33(3)4)26-18-19-29-27(32-26)30-21(2)22-8-6-5-7-9-22/h5-19,21H,1-4H3,(H,31,35)(H,29,30,32)/t21-/m0/s1. The Balaban J connectivity index is 1.65. The number of benzene rings is 3. The van der Waals surface area contributed by atoms with Crippen molar-refractivity contribution >= 4 is 34.9 Å². The Morgan fingerprint density at radius 2 is 1.51 bits per heavy atom. The number of nitrogens with one attached hydrogen (secondary N) is 2. The molecule has 1 atom stereocenters. The summed E-state index contributed by atoms with van der Waals surface area (Å²) in [7, 11) is 3.96. The van der Waals surface area contributed by atoms with Gasteiger partial charge in [0.1, 0.15) is 5.82 Å². The van der Waals surface area contributed by atoms with Gasteiger partial charge in [0, 0.05) is 37.7 Å². The normalized spacial score (nSPS) is 11.4. The molecule has 0 spiro atoms. The van der Waals surface area contributed by atoms with Gasteiger partial charge in [0.15, 0.2) is 0 Å². The third kappa shape index (κ3) is 5.95. The number of carbonyl (C=O) groups is 1. The van der Waals surface area contributed by atoms with E-state index >= 15 is 0 Å². The smallest absolute Gasteiger partial charge is 0.332 e. The first-order valence-electron chi connectivity index (χ1n) is 11.5. The Labute approximate surface area is 206 Å². The number of amides is 2. The molecule has 35 heavy (non-hydrogen) atoms. The molecule has 178 valence electrons. The second kappa shape index (κ2) is 10.7. The predicted molar refractivity (Wildman–Crippen MR) is 144 cm³/mol. The van der Waals surface area contributed by atoms with Crippen LogP contribution in [0.1, 0.15) is 24.1 Å². The highest BCUT2D eigenvalue weighted by Crippen LogP contribution is 2.28. The highest BCUT2D eigenvalue weighted by atomic mass is 16.2. The number of carbonyl (C=O) groups excluding carboxylic acids is 1. The van der Waals surface area contributed by atoms with Crippen LogP contribution in [0, 0.1) is 6.92 Å². The van der Waals surface area contributed by atoms with Crippen LogP contribution >= 0.6 is 0 Å². The largest absolute Gasteiger partial charge is 0.378 e. The van der Waals surface area contributed by atoms with Gasteiger partial charge in [0.2, 0.25) is 5.95 Å². The lowest BCUT2D eigenvalue weighted by Gasteiger charge is -2.24. The number of hydrogen-bond donors (Lipinski definition) is 2. The van der Waals surface area contributed by atoms with E-state index in [2.05, 4.69) is 32.7 Å². The molecule has 2 N–H and O–H groups in total. The predicted octanol–water partition coefficient (Wildman–Crippen LogP) is 6.39. The minimum Gasteiger partial charge on any atom is -0.378 e. The molecule has 4 aromatic rings. The van der Waals surface area contributed by atoms with E-state index in [9.17, 15) is 4.79 Å². The monoisotopic (exact) mass is 466 g/mol. The summed E-state index contributed by atoms with van der Waals surface area (Å²) in [6.45, 7) is 4.06. The molecule has 1 aromatic heterocycles. The van der Waals surface area contributed by atoms with Crippen molar-refractivity contribution in [1.29, 1.82) is 0 Å². The molecule has 0 aliphatic rings. The molecule has 7 nitrogen and oxygen atoms in total. The fraction of sp³-hybridized carbons (Fsp3) is 0.179. The number of aromatic nitrogens is 2.